The second-order valence-electron chi connectivity index (χ2n) is 9.72. The van der Waals surface area contributed by atoms with Crippen LogP contribution in [0.15, 0.2) is 94.9 Å². The zero-order valence-electron chi connectivity index (χ0n) is 21.9. The first-order valence-corrected chi connectivity index (χ1v) is 12.9. The highest BCUT2D eigenvalue weighted by Crippen LogP contribution is 2.40. The van der Waals surface area contributed by atoms with Crippen LogP contribution < -0.4 is 16.8 Å². The Labute approximate surface area is 234 Å². The molecule has 2 aliphatic heterocycles. The van der Waals surface area contributed by atoms with Gasteiger partial charge in [0.1, 0.15) is 5.84 Å². The van der Waals surface area contributed by atoms with Gasteiger partial charge in [0, 0.05) is 12.1 Å². The molecular formula is C29H28F3N7O2. The number of rotatable bonds is 6. The van der Waals surface area contributed by atoms with Gasteiger partial charge < -0.3 is 21.7 Å². The Hall–Kier alpha value is -4.71. The van der Waals surface area contributed by atoms with E-state index in [1.54, 1.807) is 24.3 Å². The molecule has 41 heavy (non-hydrogen) atoms. The molecular weight excluding hydrogens is 535 g/mol. The number of amides is 2. The van der Waals surface area contributed by atoms with E-state index in [1.165, 1.54) is 9.80 Å². The number of hydrogen-bond donors (Lipinski definition) is 3. The van der Waals surface area contributed by atoms with Gasteiger partial charge in [0.05, 0.1) is 19.6 Å². The average molecular weight is 564 g/mol. The SMILES string of the molecule is NC1=NC(c2ccccc2)(c2ccccc2)C(=O)N1Cc1cccc(C(=O)N2CCN=C(NC(N)C(F)(F)F)C2)c1. The fourth-order valence-electron chi connectivity index (χ4n) is 4.94. The van der Waals surface area contributed by atoms with Crippen molar-refractivity contribution in [3.05, 3.63) is 107 Å². The Morgan fingerprint density at radius 1 is 1.00 bits per heavy atom. The van der Waals surface area contributed by atoms with Crippen LogP contribution in [0.3, 0.4) is 0 Å². The number of carbonyl (C=O) groups is 2. The first-order chi connectivity index (χ1) is 19.6. The molecule has 0 fully saturated rings. The maximum absolute atomic E-state index is 14.0. The quantitative estimate of drug-likeness (QED) is 0.397. The number of nitrogens with zero attached hydrogens (tertiary/aromatic N) is 4. The molecule has 0 bridgehead atoms. The van der Waals surface area contributed by atoms with Crippen LogP contribution in [0.2, 0.25) is 0 Å². The number of aliphatic imine (C=N–C) groups is 2. The van der Waals surface area contributed by atoms with E-state index in [2.05, 4.69) is 15.3 Å². The molecule has 5 N–H and O–H groups in total. The molecule has 9 nitrogen and oxygen atoms in total. The van der Waals surface area contributed by atoms with Crippen molar-refractivity contribution in [1.82, 2.24) is 15.1 Å². The van der Waals surface area contributed by atoms with E-state index in [0.29, 0.717) is 22.3 Å². The topological polar surface area (TPSA) is 129 Å². The minimum absolute atomic E-state index is 0.0182. The van der Waals surface area contributed by atoms with Gasteiger partial charge in [-0.15, -0.1) is 0 Å². The van der Waals surface area contributed by atoms with Crippen molar-refractivity contribution in [1.29, 1.82) is 0 Å². The summed E-state index contributed by atoms with van der Waals surface area (Å²) in [7, 11) is 0. The number of halogens is 3. The largest absolute Gasteiger partial charge is 0.421 e. The molecule has 1 atom stereocenters. The van der Waals surface area contributed by atoms with Gasteiger partial charge in [0.25, 0.3) is 11.8 Å². The molecule has 0 aliphatic carbocycles. The molecule has 0 radical (unpaired) electrons. The fraction of sp³-hybridized carbons (Fsp3) is 0.241. The highest BCUT2D eigenvalue weighted by molar-refractivity contribution is 6.09. The normalized spacial score (nSPS) is 17.6. The van der Waals surface area contributed by atoms with Crippen molar-refractivity contribution in [3.8, 4) is 0 Å². The summed E-state index contributed by atoms with van der Waals surface area (Å²) in [5.74, 6) is -0.689. The summed E-state index contributed by atoms with van der Waals surface area (Å²) >= 11 is 0. The third kappa shape index (κ3) is 5.50. The van der Waals surface area contributed by atoms with Crippen molar-refractivity contribution in [2.75, 3.05) is 19.6 Å². The maximum atomic E-state index is 14.0. The summed E-state index contributed by atoms with van der Waals surface area (Å²) in [6, 6.07) is 25.0. The Kier molecular flexibility index (Phi) is 7.50. The van der Waals surface area contributed by atoms with Gasteiger partial charge in [-0.05, 0) is 28.8 Å². The average Bonchev–Trinajstić information content (AvgIpc) is 3.23. The van der Waals surface area contributed by atoms with E-state index in [4.69, 9.17) is 11.5 Å². The second kappa shape index (κ2) is 11.0. The van der Waals surface area contributed by atoms with Crippen LogP contribution in [-0.2, 0) is 16.9 Å². The van der Waals surface area contributed by atoms with Crippen molar-refractivity contribution in [3.63, 3.8) is 0 Å². The van der Waals surface area contributed by atoms with Crippen molar-refractivity contribution in [2.45, 2.75) is 24.4 Å². The lowest BCUT2D eigenvalue weighted by molar-refractivity contribution is -0.150. The maximum Gasteiger partial charge on any atom is 0.421 e. The first-order valence-electron chi connectivity index (χ1n) is 12.9. The molecule has 3 aromatic carbocycles. The fourth-order valence-corrected chi connectivity index (χ4v) is 4.94. The van der Waals surface area contributed by atoms with Crippen LogP contribution in [0.1, 0.15) is 27.0 Å². The van der Waals surface area contributed by atoms with Crippen molar-refractivity contribution < 1.29 is 22.8 Å². The van der Waals surface area contributed by atoms with E-state index < -0.39 is 17.9 Å². The minimum atomic E-state index is -4.65. The Morgan fingerprint density at radius 3 is 2.24 bits per heavy atom. The van der Waals surface area contributed by atoms with Crippen molar-refractivity contribution in [2.24, 2.45) is 21.5 Å². The summed E-state index contributed by atoms with van der Waals surface area (Å²) in [6.07, 6.45) is -6.94. The molecule has 3 aromatic rings. The monoisotopic (exact) mass is 563 g/mol. The molecule has 2 amide bonds. The Balaban J connectivity index is 1.35. The lowest BCUT2D eigenvalue weighted by atomic mass is 9.83. The summed E-state index contributed by atoms with van der Waals surface area (Å²) in [6.45, 7) is 0.282. The van der Waals surface area contributed by atoms with Crippen LogP contribution in [0, 0.1) is 0 Å². The number of hydrogen-bond acceptors (Lipinski definition) is 7. The second-order valence-corrected chi connectivity index (χ2v) is 9.72. The highest BCUT2D eigenvalue weighted by Gasteiger charge is 2.50. The predicted molar refractivity (Wildman–Crippen MR) is 148 cm³/mol. The van der Waals surface area contributed by atoms with E-state index >= 15 is 0 Å². The number of carbonyl (C=O) groups excluding carboxylic acids is 2. The summed E-state index contributed by atoms with van der Waals surface area (Å²) in [5.41, 5.74) is 12.4. The third-order valence-electron chi connectivity index (χ3n) is 6.99. The van der Waals surface area contributed by atoms with Crippen LogP contribution >= 0.6 is 0 Å². The molecule has 0 saturated carbocycles. The van der Waals surface area contributed by atoms with Gasteiger partial charge in [0.15, 0.2) is 17.7 Å². The van der Waals surface area contributed by atoms with Crippen LogP contribution in [0.25, 0.3) is 0 Å². The lowest BCUT2D eigenvalue weighted by Crippen LogP contribution is -2.55. The van der Waals surface area contributed by atoms with Crippen LogP contribution in [-0.4, -0.2) is 65.4 Å². The molecule has 2 aliphatic rings. The van der Waals surface area contributed by atoms with E-state index in [1.807, 2.05) is 60.7 Å². The van der Waals surface area contributed by atoms with Crippen molar-refractivity contribution >= 4 is 23.6 Å². The standard InChI is InChI=1S/C29H28F3N7O2/c30-29(31,32)25(33)36-23-18-38(15-14-35-23)24(40)20-9-7-8-19(16-20)17-39-26(41)28(37-27(39)34,21-10-3-1-4-11-21)22-12-5-2-6-13-22/h1-13,16,25H,14-15,17-18,33H2,(H2,34,37)(H,35,36). The molecule has 0 saturated heterocycles. The van der Waals surface area contributed by atoms with Gasteiger partial charge >= 0.3 is 6.18 Å². The van der Waals surface area contributed by atoms with E-state index in [9.17, 15) is 22.8 Å². The van der Waals surface area contributed by atoms with Crippen LogP contribution in [0.4, 0.5) is 13.2 Å². The third-order valence-corrected chi connectivity index (χ3v) is 6.99. The number of amidine groups is 1. The number of nitrogens with two attached hydrogens (primary N) is 2. The first kappa shape index (κ1) is 27.8. The molecule has 2 heterocycles. The Bertz CT molecular complexity index is 1450. The number of alkyl halides is 3. The number of benzene rings is 3. The molecule has 0 aromatic heterocycles. The molecule has 1 unspecified atom stereocenters. The smallest absolute Gasteiger partial charge is 0.369 e. The van der Waals surface area contributed by atoms with E-state index in [0.717, 1.165) is 0 Å². The van der Waals surface area contributed by atoms with Crippen LogP contribution in [0.5, 0.6) is 0 Å². The molecule has 12 heteroatoms. The zero-order chi connectivity index (χ0) is 29.2. The molecule has 212 valence electrons. The minimum Gasteiger partial charge on any atom is -0.369 e. The summed E-state index contributed by atoms with van der Waals surface area (Å²) in [5, 5.41) is 2.14. The molecule has 5 rings (SSSR count). The van der Waals surface area contributed by atoms with Gasteiger partial charge in [0.2, 0.25) is 0 Å². The molecule has 0 spiro atoms. The van der Waals surface area contributed by atoms with Gasteiger partial charge in [-0.25, -0.2) is 4.99 Å². The van der Waals surface area contributed by atoms with E-state index in [-0.39, 0.29) is 49.8 Å². The lowest BCUT2D eigenvalue weighted by Gasteiger charge is -2.29. The summed E-state index contributed by atoms with van der Waals surface area (Å²) < 4.78 is 38.6. The highest BCUT2D eigenvalue weighted by atomic mass is 19.4. The zero-order valence-corrected chi connectivity index (χ0v) is 21.9. The Morgan fingerprint density at radius 2 is 1.63 bits per heavy atom. The summed E-state index contributed by atoms with van der Waals surface area (Å²) in [4.78, 5) is 38.8. The predicted octanol–water partition coefficient (Wildman–Crippen LogP) is 2.58. The number of guanidine groups is 1. The number of nitrogens with one attached hydrogen (secondary N) is 1. The van der Waals surface area contributed by atoms with Gasteiger partial charge in [-0.2, -0.15) is 13.2 Å². The van der Waals surface area contributed by atoms with Gasteiger partial charge in [-0.3, -0.25) is 19.5 Å². The van der Waals surface area contributed by atoms with Gasteiger partial charge in [-0.1, -0.05) is 72.8 Å².